The molecule has 0 aliphatic carbocycles. The molecule has 0 aromatic heterocycles. The number of hydrogen-bond acceptors (Lipinski definition) is 3. The molecule has 2 fully saturated rings. The fraction of sp³-hybridized carbons (Fsp3) is 0.923. The average molecular weight is 240 g/mol. The Morgan fingerprint density at radius 1 is 1.35 bits per heavy atom. The first kappa shape index (κ1) is 12.8. The second kappa shape index (κ2) is 5.83. The van der Waals surface area contributed by atoms with E-state index in [1.54, 1.807) is 0 Å². The Morgan fingerprint density at radius 2 is 2.06 bits per heavy atom. The fourth-order valence-corrected chi connectivity index (χ4v) is 3.48. The van der Waals surface area contributed by atoms with Gasteiger partial charge in [-0.15, -0.1) is 0 Å². The van der Waals surface area contributed by atoms with E-state index in [-0.39, 0.29) is 12.0 Å². The standard InChI is InChI=1S/C13H24N2O2/c1-2-12-11(13(16)17)4-3-9-15(12)10-5-7-14-8-6-10/h10-12,14H,2-9H2,1H3,(H,16,17). The van der Waals surface area contributed by atoms with Gasteiger partial charge in [0.05, 0.1) is 5.92 Å². The number of hydrogen-bond donors (Lipinski definition) is 2. The molecule has 17 heavy (non-hydrogen) atoms. The van der Waals surface area contributed by atoms with Gasteiger partial charge in [-0.25, -0.2) is 0 Å². The lowest BCUT2D eigenvalue weighted by atomic mass is 9.85. The molecule has 98 valence electrons. The maximum atomic E-state index is 11.3. The van der Waals surface area contributed by atoms with E-state index >= 15 is 0 Å². The Bertz CT molecular complexity index is 264. The van der Waals surface area contributed by atoms with Crippen LogP contribution in [0.25, 0.3) is 0 Å². The number of nitrogens with one attached hydrogen (secondary N) is 1. The van der Waals surface area contributed by atoms with Gasteiger partial charge in [-0.2, -0.15) is 0 Å². The second-order valence-electron chi connectivity index (χ2n) is 5.28. The molecule has 2 heterocycles. The first-order chi connectivity index (χ1) is 8.24. The van der Waals surface area contributed by atoms with Crippen molar-refractivity contribution in [1.29, 1.82) is 0 Å². The van der Waals surface area contributed by atoms with Crippen LogP contribution in [0.5, 0.6) is 0 Å². The zero-order valence-corrected chi connectivity index (χ0v) is 10.7. The molecule has 0 amide bonds. The number of nitrogens with zero attached hydrogens (tertiary/aromatic N) is 1. The monoisotopic (exact) mass is 240 g/mol. The molecule has 2 unspecified atom stereocenters. The van der Waals surface area contributed by atoms with Gasteiger partial charge >= 0.3 is 5.97 Å². The van der Waals surface area contributed by atoms with Crippen molar-refractivity contribution in [3.05, 3.63) is 0 Å². The normalized spacial score (nSPS) is 32.5. The third-order valence-electron chi connectivity index (χ3n) is 4.34. The van der Waals surface area contributed by atoms with Crippen LogP contribution in [0.1, 0.15) is 39.0 Å². The molecule has 2 aliphatic heterocycles. The van der Waals surface area contributed by atoms with Crippen molar-refractivity contribution in [1.82, 2.24) is 10.2 Å². The van der Waals surface area contributed by atoms with E-state index in [1.165, 1.54) is 12.8 Å². The number of rotatable bonds is 3. The van der Waals surface area contributed by atoms with Crippen molar-refractivity contribution in [2.45, 2.75) is 51.1 Å². The minimum Gasteiger partial charge on any atom is -0.481 e. The van der Waals surface area contributed by atoms with Gasteiger partial charge in [0.1, 0.15) is 0 Å². The van der Waals surface area contributed by atoms with Crippen LogP contribution in [-0.2, 0) is 4.79 Å². The molecule has 2 aliphatic rings. The minimum atomic E-state index is -0.601. The van der Waals surface area contributed by atoms with Gasteiger partial charge in [0, 0.05) is 12.1 Å². The summed E-state index contributed by atoms with van der Waals surface area (Å²) in [5.74, 6) is -0.751. The fourth-order valence-electron chi connectivity index (χ4n) is 3.48. The van der Waals surface area contributed by atoms with Crippen LogP contribution in [0.4, 0.5) is 0 Å². The van der Waals surface area contributed by atoms with Crippen molar-refractivity contribution in [3.8, 4) is 0 Å². The van der Waals surface area contributed by atoms with Crippen LogP contribution in [0, 0.1) is 5.92 Å². The Labute approximate surface area is 103 Å². The highest BCUT2D eigenvalue weighted by atomic mass is 16.4. The molecule has 0 spiro atoms. The van der Waals surface area contributed by atoms with Crippen molar-refractivity contribution < 1.29 is 9.90 Å². The SMILES string of the molecule is CCC1C(C(=O)O)CCCN1C1CCNCC1. The van der Waals surface area contributed by atoms with Crippen LogP contribution in [0.3, 0.4) is 0 Å². The molecular weight excluding hydrogens is 216 g/mol. The van der Waals surface area contributed by atoms with E-state index in [1.807, 2.05) is 0 Å². The van der Waals surface area contributed by atoms with Gasteiger partial charge in [0.25, 0.3) is 0 Å². The highest BCUT2D eigenvalue weighted by Gasteiger charge is 2.37. The van der Waals surface area contributed by atoms with Crippen molar-refractivity contribution in [2.24, 2.45) is 5.92 Å². The topological polar surface area (TPSA) is 52.6 Å². The average Bonchev–Trinajstić information content (AvgIpc) is 2.38. The number of carboxylic acids is 1. The third-order valence-corrected chi connectivity index (χ3v) is 4.34. The number of carbonyl (C=O) groups is 1. The molecule has 0 bridgehead atoms. The van der Waals surface area contributed by atoms with Crippen LogP contribution in [0.15, 0.2) is 0 Å². The number of piperidine rings is 2. The van der Waals surface area contributed by atoms with Gasteiger partial charge in [0.15, 0.2) is 0 Å². The lowest BCUT2D eigenvalue weighted by molar-refractivity contribution is -0.147. The lowest BCUT2D eigenvalue weighted by Gasteiger charge is -2.45. The summed E-state index contributed by atoms with van der Waals surface area (Å²) in [4.78, 5) is 13.8. The van der Waals surface area contributed by atoms with Gasteiger partial charge in [-0.05, 0) is 51.7 Å². The van der Waals surface area contributed by atoms with Crippen LogP contribution in [-0.4, -0.2) is 47.7 Å². The van der Waals surface area contributed by atoms with Crippen molar-refractivity contribution in [2.75, 3.05) is 19.6 Å². The number of aliphatic carboxylic acids is 1. The predicted octanol–water partition coefficient (Wildman–Crippen LogP) is 1.31. The first-order valence-electron chi connectivity index (χ1n) is 6.93. The molecule has 0 saturated carbocycles. The molecular formula is C13H24N2O2. The van der Waals surface area contributed by atoms with Gasteiger partial charge < -0.3 is 10.4 Å². The van der Waals surface area contributed by atoms with Crippen LogP contribution < -0.4 is 5.32 Å². The zero-order valence-electron chi connectivity index (χ0n) is 10.7. The largest absolute Gasteiger partial charge is 0.481 e. The molecule has 2 N–H and O–H groups in total. The summed E-state index contributed by atoms with van der Waals surface area (Å²) in [6.45, 7) is 5.37. The van der Waals surface area contributed by atoms with Crippen molar-refractivity contribution in [3.63, 3.8) is 0 Å². The highest BCUT2D eigenvalue weighted by Crippen LogP contribution is 2.30. The second-order valence-corrected chi connectivity index (χ2v) is 5.28. The summed E-state index contributed by atoms with van der Waals surface area (Å²) in [7, 11) is 0. The van der Waals surface area contributed by atoms with E-state index in [2.05, 4.69) is 17.1 Å². The van der Waals surface area contributed by atoms with Gasteiger partial charge in [0.2, 0.25) is 0 Å². The zero-order chi connectivity index (χ0) is 12.3. The number of carboxylic acid groups (broad SMARTS) is 1. The summed E-state index contributed by atoms with van der Waals surface area (Å²) in [6.07, 6.45) is 5.19. The van der Waals surface area contributed by atoms with Gasteiger partial charge in [-0.3, -0.25) is 9.69 Å². The molecule has 0 radical (unpaired) electrons. The highest BCUT2D eigenvalue weighted by molar-refractivity contribution is 5.71. The molecule has 4 nitrogen and oxygen atoms in total. The third kappa shape index (κ3) is 2.80. The lowest BCUT2D eigenvalue weighted by Crippen LogP contribution is -2.54. The maximum Gasteiger partial charge on any atom is 0.308 e. The summed E-state index contributed by atoms with van der Waals surface area (Å²) >= 11 is 0. The predicted molar refractivity (Wildman–Crippen MR) is 67.0 cm³/mol. The molecule has 4 heteroatoms. The quantitative estimate of drug-likeness (QED) is 0.781. The van der Waals surface area contributed by atoms with E-state index in [9.17, 15) is 9.90 Å². The van der Waals surface area contributed by atoms with Crippen LogP contribution >= 0.6 is 0 Å². The van der Waals surface area contributed by atoms with E-state index in [0.29, 0.717) is 6.04 Å². The number of likely N-dealkylation sites (tertiary alicyclic amines) is 1. The molecule has 2 atom stereocenters. The molecule has 2 rings (SSSR count). The minimum absolute atomic E-state index is 0.149. The Balaban J connectivity index is 2.05. The van der Waals surface area contributed by atoms with Crippen molar-refractivity contribution >= 4 is 5.97 Å². The maximum absolute atomic E-state index is 11.3. The first-order valence-corrected chi connectivity index (χ1v) is 6.93. The molecule has 2 saturated heterocycles. The molecule has 0 aromatic rings. The Morgan fingerprint density at radius 3 is 2.65 bits per heavy atom. The summed E-state index contributed by atoms with van der Waals surface area (Å²) < 4.78 is 0. The van der Waals surface area contributed by atoms with E-state index < -0.39 is 5.97 Å². The molecule has 0 aromatic carbocycles. The summed E-state index contributed by atoms with van der Waals surface area (Å²) in [6, 6.07) is 0.854. The summed E-state index contributed by atoms with van der Waals surface area (Å²) in [5, 5.41) is 12.7. The van der Waals surface area contributed by atoms with Gasteiger partial charge in [-0.1, -0.05) is 6.92 Å². The van der Waals surface area contributed by atoms with E-state index in [0.717, 1.165) is 38.9 Å². The smallest absolute Gasteiger partial charge is 0.308 e. The van der Waals surface area contributed by atoms with E-state index in [4.69, 9.17) is 0 Å². The Hall–Kier alpha value is -0.610. The van der Waals surface area contributed by atoms with Crippen LogP contribution in [0.2, 0.25) is 0 Å². The Kier molecular flexibility index (Phi) is 4.40. The summed E-state index contributed by atoms with van der Waals surface area (Å²) in [5.41, 5.74) is 0.